The molecule has 0 nitrogen and oxygen atoms in total. The summed E-state index contributed by atoms with van der Waals surface area (Å²) in [6, 6.07) is 0. The fourth-order valence-electron chi connectivity index (χ4n) is 0.269. The van der Waals surface area contributed by atoms with Gasteiger partial charge in [0.2, 0.25) is 0 Å². The average molecular weight is 182 g/mol. The summed E-state index contributed by atoms with van der Waals surface area (Å²) >= 11 is 0. The van der Waals surface area contributed by atoms with Gasteiger partial charge in [-0.05, 0) is 22.7 Å². The molecule has 0 radical (unpaired) electrons. The van der Waals surface area contributed by atoms with Gasteiger partial charge in [0.15, 0.2) is 0 Å². The Morgan fingerprint density at radius 2 is 1.33 bits per heavy atom. The van der Waals surface area contributed by atoms with E-state index in [-0.39, 0.29) is 0 Å². The summed E-state index contributed by atoms with van der Waals surface area (Å²) in [5, 5.41) is 0. The molecule has 3 heteroatoms. The maximum absolute atomic E-state index is 2.22. The van der Waals surface area contributed by atoms with E-state index >= 15 is 0 Å². The second kappa shape index (κ2) is 9.05. The van der Waals surface area contributed by atoms with Crippen molar-refractivity contribution in [3.63, 3.8) is 0 Å². The van der Waals surface area contributed by atoms with Gasteiger partial charge >= 0.3 is 0 Å². The molecule has 0 aromatic carbocycles. The molecule has 0 rings (SSSR count). The van der Waals surface area contributed by atoms with Gasteiger partial charge in [-0.1, -0.05) is 35.4 Å². The predicted octanol–water partition coefficient (Wildman–Crippen LogP) is 3.84. The normalized spacial score (nSPS) is 10.0. The smallest absolute Gasteiger partial charge is 0.00425 e. The van der Waals surface area contributed by atoms with Crippen molar-refractivity contribution in [2.24, 2.45) is 0 Å². The van der Waals surface area contributed by atoms with Gasteiger partial charge in [0.25, 0.3) is 0 Å². The highest BCUT2D eigenvalue weighted by atomic mass is 33.5. The first kappa shape index (κ1) is 10.0. The lowest BCUT2D eigenvalue weighted by molar-refractivity contribution is 1.11. The molecule has 0 bridgehead atoms. The second-order valence-electron chi connectivity index (χ2n) is 1.71. The number of rotatable bonds is 6. The van der Waals surface area contributed by atoms with Gasteiger partial charge in [0, 0.05) is 11.5 Å². The molecular weight excluding hydrogens is 168 g/mol. The van der Waals surface area contributed by atoms with Gasteiger partial charge in [-0.3, -0.25) is 0 Å². The number of hydrogen-bond donors (Lipinski definition) is 0. The SMILES string of the molecule is CCCSSSCCC. The Morgan fingerprint density at radius 1 is 0.889 bits per heavy atom. The first-order valence-corrected chi connectivity index (χ1v) is 7.15. The molecule has 0 amide bonds. The maximum Gasteiger partial charge on any atom is 0.00425 e. The summed E-state index contributed by atoms with van der Waals surface area (Å²) in [6.07, 6.45) is 2.59. The zero-order valence-corrected chi connectivity index (χ0v) is 8.50. The van der Waals surface area contributed by atoms with Crippen LogP contribution in [0.3, 0.4) is 0 Å². The van der Waals surface area contributed by atoms with E-state index in [0.29, 0.717) is 0 Å². The number of hydrogen-bond acceptors (Lipinski definition) is 3. The van der Waals surface area contributed by atoms with Gasteiger partial charge in [-0.2, -0.15) is 0 Å². The molecule has 9 heavy (non-hydrogen) atoms. The second-order valence-corrected chi connectivity index (χ2v) is 6.18. The van der Waals surface area contributed by atoms with E-state index in [1.807, 2.05) is 31.4 Å². The molecule has 0 atom stereocenters. The van der Waals surface area contributed by atoms with Crippen LogP contribution in [0, 0.1) is 0 Å². The Hall–Kier alpha value is 1.05. The van der Waals surface area contributed by atoms with E-state index < -0.39 is 0 Å². The molecule has 0 aliphatic heterocycles. The minimum Gasteiger partial charge on any atom is -0.0826 e. The Balaban J connectivity index is 2.60. The van der Waals surface area contributed by atoms with E-state index in [2.05, 4.69) is 13.8 Å². The first-order valence-electron chi connectivity index (χ1n) is 3.32. The highest BCUT2D eigenvalue weighted by Crippen LogP contribution is 2.34. The van der Waals surface area contributed by atoms with E-state index in [9.17, 15) is 0 Å². The van der Waals surface area contributed by atoms with Crippen LogP contribution >= 0.6 is 31.4 Å². The highest BCUT2D eigenvalue weighted by Gasteiger charge is 1.87. The molecule has 0 saturated carbocycles. The zero-order valence-electron chi connectivity index (χ0n) is 6.05. The van der Waals surface area contributed by atoms with Crippen LogP contribution in [-0.4, -0.2) is 11.5 Å². The topological polar surface area (TPSA) is 0 Å². The van der Waals surface area contributed by atoms with Crippen LogP contribution in [0.2, 0.25) is 0 Å². The van der Waals surface area contributed by atoms with Gasteiger partial charge in [0.05, 0.1) is 0 Å². The third kappa shape index (κ3) is 9.05. The van der Waals surface area contributed by atoms with Gasteiger partial charge < -0.3 is 0 Å². The van der Waals surface area contributed by atoms with Crippen LogP contribution in [0.4, 0.5) is 0 Å². The van der Waals surface area contributed by atoms with E-state index in [4.69, 9.17) is 0 Å². The standard InChI is InChI=1S/C6H14S3/c1-3-5-7-9-8-6-4-2/h3-6H2,1-2H3. The van der Waals surface area contributed by atoms with Crippen molar-refractivity contribution in [2.75, 3.05) is 11.5 Å². The van der Waals surface area contributed by atoms with Crippen molar-refractivity contribution in [3.8, 4) is 0 Å². The van der Waals surface area contributed by atoms with Crippen LogP contribution in [0.1, 0.15) is 26.7 Å². The Morgan fingerprint density at radius 3 is 1.67 bits per heavy atom. The summed E-state index contributed by atoms with van der Waals surface area (Å²) in [5.74, 6) is 2.59. The lowest BCUT2D eigenvalue weighted by Crippen LogP contribution is -1.67. The molecule has 0 aromatic heterocycles. The first-order chi connectivity index (χ1) is 4.41. The Kier molecular flexibility index (Phi) is 10.1. The summed E-state index contributed by atoms with van der Waals surface area (Å²) < 4.78 is 0. The Bertz CT molecular complexity index is 41.6. The fourth-order valence-corrected chi connectivity index (χ4v) is 4.26. The van der Waals surface area contributed by atoms with Crippen molar-refractivity contribution >= 4 is 31.4 Å². The molecule has 0 fully saturated rings. The van der Waals surface area contributed by atoms with Crippen LogP contribution < -0.4 is 0 Å². The van der Waals surface area contributed by atoms with Crippen molar-refractivity contribution in [1.82, 2.24) is 0 Å². The van der Waals surface area contributed by atoms with Crippen molar-refractivity contribution in [3.05, 3.63) is 0 Å². The van der Waals surface area contributed by atoms with E-state index in [1.54, 1.807) is 0 Å². The molecule has 0 aromatic rings. The van der Waals surface area contributed by atoms with Crippen LogP contribution in [-0.2, 0) is 0 Å². The molecule has 56 valence electrons. The Labute approximate surface area is 69.7 Å². The predicted molar refractivity (Wildman–Crippen MR) is 53.1 cm³/mol. The molecule has 0 saturated heterocycles. The van der Waals surface area contributed by atoms with Crippen molar-refractivity contribution in [2.45, 2.75) is 26.7 Å². The zero-order chi connectivity index (χ0) is 6.95. The molecule has 0 aliphatic rings. The lowest BCUT2D eigenvalue weighted by atomic mass is 10.6. The monoisotopic (exact) mass is 182 g/mol. The van der Waals surface area contributed by atoms with E-state index in [0.717, 1.165) is 0 Å². The summed E-state index contributed by atoms with van der Waals surface area (Å²) in [6.45, 7) is 4.44. The summed E-state index contributed by atoms with van der Waals surface area (Å²) in [7, 11) is 5.88. The summed E-state index contributed by atoms with van der Waals surface area (Å²) in [5.41, 5.74) is 0. The third-order valence-electron chi connectivity index (χ3n) is 0.671. The van der Waals surface area contributed by atoms with Gasteiger partial charge in [-0.25, -0.2) is 0 Å². The van der Waals surface area contributed by atoms with Gasteiger partial charge in [-0.15, -0.1) is 0 Å². The molecular formula is C6H14S3. The van der Waals surface area contributed by atoms with Crippen LogP contribution in [0.5, 0.6) is 0 Å². The highest BCUT2D eigenvalue weighted by molar-refractivity contribution is 9.09. The van der Waals surface area contributed by atoms with Crippen LogP contribution in [0.15, 0.2) is 0 Å². The largest absolute Gasteiger partial charge is 0.0826 e. The quantitative estimate of drug-likeness (QED) is 0.452. The van der Waals surface area contributed by atoms with Crippen molar-refractivity contribution < 1.29 is 0 Å². The molecule has 0 N–H and O–H groups in total. The minimum atomic E-state index is 1.29. The van der Waals surface area contributed by atoms with Crippen molar-refractivity contribution in [1.29, 1.82) is 0 Å². The summed E-state index contributed by atoms with van der Waals surface area (Å²) in [4.78, 5) is 0. The molecule has 0 aliphatic carbocycles. The maximum atomic E-state index is 2.22. The fraction of sp³-hybridized carbons (Fsp3) is 1.00. The van der Waals surface area contributed by atoms with Crippen LogP contribution in [0.25, 0.3) is 0 Å². The third-order valence-corrected chi connectivity index (χ3v) is 5.32. The van der Waals surface area contributed by atoms with Gasteiger partial charge in [0.1, 0.15) is 0 Å². The molecule has 0 heterocycles. The average Bonchev–Trinajstić information content (AvgIpc) is 1.89. The molecule has 0 unspecified atom stereocenters. The lowest BCUT2D eigenvalue weighted by Gasteiger charge is -1.94. The molecule has 0 spiro atoms. The van der Waals surface area contributed by atoms with E-state index in [1.165, 1.54) is 24.3 Å². The minimum absolute atomic E-state index is 1.29.